The third-order valence-corrected chi connectivity index (χ3v) is 5.31. The molecule has 1 aromatic heterocycles. The van der Waals surface area contributed by atoms with E-state index in [0.717, 1.165) is 11.1 Å². The van der Waals surface area contributed by atoms with Crippen molar-refractivity contribution in [3.8, 4) is 11.3 Å². The zero-order valence-electron chi connectivity index (χ0n) is 16.9. The summed E-state index contributed by atoms with van der Waals surface area (Å²) in [5.74, 6) is -0.462. The first-order chi connectivity index (χ1) is 14.3. The van der Waals surface area contributed by atoms with Crippen LogP contribution in [0.15, 0.2) is 49.1 Å². The van der Waals surface area contributed by atoms with E-state index in [-0.39, 0.29) is 28.9 Å². The molecule has 7 nitrogen and oxygen atoms in total. The van der Waals surface area contributed by atoms with Crippen LogP contribution < -0.4 is 5.32 Å². The monoisotopic (exact) mass is 426 g/mol. The summed E-state index contributed by atoms with van der Waals surface area (Å²) >= 11 is 6.31. The molecule has 156 valence electrons. The lowest BCUT2D eigenvalue weighted by atomic mass is 9.99. The third-order valence-electron chi connectivity index (χ3n) is 5.12. The second-order valence-electron chi connectivity index (χ2n) is 6.98. The average molecular weight is 427 g/mol. The van der Waals surface area contributed by atoms with Crippen LogP contribution in [0.2, 0.25) is 5.15 Å². The molecule has 0 spiro atoms. The Kier molecular flexibility index (Phi) is 6.52. The van der Waals surface area contributed by atoms with Crippen molar-refractivity contribution in [2.45, 2.75) is 13.0 Å². The minimum Gasteiger partial charge on any atom is -0.355 e. The summed E-state index contributed by atoms with van der Waals surface area (Å²) < 4.78 is 0. The summed E-state index contributed by atoms with van der Waals surface area (Å²) in [6, 6.07) is 10.2. The molecule has 0 saturated carbocycles. The summed E-state index contributed by atoms with van der Waals surface area (Å²) in [6.07, 6.45) is 1.27. The lowest BCUT2D eigenvalue weighted by molar-refractivity contribution is -0.139. The molecule has 1 aliphatic rings. The Balaban J connectivity index is 2.02. The lowest BCUT2D eigenvalue weighted by Crippen LogP contribution is -2.51. The van der Waals surface area contributed by atoms with E-state index in [0.29, 0.717) is 30.9 Å². The van der Waals surface area contributed by atoms with E-state index in [9.17, 15) is 14.4 Å². The highest BCUT2D eigenvalue weighted by Crippen LogP contribution is 2.31. The standard InChI is InChI=1S/C22H23ClN4O3/c1-4-21(29)26-8-9-27(14(2)28)19(13-26)17-11-18(25-20(23)12-17)15-6-5-7-16(10-15)22(30)24-3/h4-7,10-12,19H,1,8-9,13H2,2-3H3,(H,24,30)/t19-/m0/s1. The maximum absolute atomic E-state index is 12.2. The van der Waals surface area contributed by atoms with Gasteiger partial charge in [-0.25, -0.2) is 4.98 Å². The van der Waals surface area contributed by atoms with Crippen LogP contribution in [-0.2, 0) is 9.59 Å². The number of piperazine rings is 1. The van der Waals surface area contributed by atoms with Crippen molar-refractivity contribution in [2.24, 2.45) is 0 Å². The van der Waals surface area contributed by atoms with Crippen LogP contribution in [0.3, 0.4) is 0 Å². The fourth-order valence-corrected chi connectivity index (χ4v) is 3.81. The second-order valence-corrected chi connectivity index (χ2v) is 7.37. The number of halogens is 1. The van der Waals surface area contributed by atoms with Gasteiger partial charge in [0.15, 0.2) is 0 Å². The molecule has 1 aliphatic heterocycles. The number of nitrogens with one attached hydrogen (secondary N) is 1. The highest BCUT2D eigenvalue weighted by Gasteiger charge is 2.32. The van der Waals surface area contributed by atoms with E-state index in [4.69, 9.17) is 11.6 Å². The zero-order chi connectivity index (χ0) is 21.8. The van der Waals surface area contributed by atoms with E-state index in [1.807, 2.05) is 12.1 Å². The Bertz CT molecular complexity index is 1010. The summed E-state index contributed by atoms with van der Waals surface area (Å²) in [4.78, 5) is 44.1. The Morgan fingerprint density at radius 3 is 2.67 bits per heavy atom. The zero-order valence-corrected chi connectivity index (χ0v) is 17.6. The number of hydrogen-bond acceptors (Lipinski definition) is 4. The van der Waals surface area contributed by atoms with Crippen LogP contribution >= 0.6 is 11.6 Å². The van der Waals surface area contributed by atoms with Crippen molar-refractivity contribution < 1.29 is 14.4 Å². The summed E-state index contributed by atoms with van der Waals surface area (Å²) in [5, 5.41) is 2.87. The van der Waals surface area contributed by atoms with Gasteiger partial charge in [-0.2, -0.15) is 0 Å². The average Bonchev–Trinajstić information content (AvgIpc) is 2.77. The first kappa shape index (κ1) is 21.5. The fraction of sp³-hybridized carbons (Fsp3) is 0.273. The molecule has 8 heteroatoms. The summed E-state index contributed by atoms with van der Waals surface area (Å²) in [7, 11) is 1.57. The molecular formula is C22H23ClN4O3. The lowest BCUT2D eigenvalue weighted by Gasteiger charge is -2.41. The van der Waals surface area contributed by atoms with Crippen LogP contribution in [0.5, 0.6) is 0 Å². The number of hydrogen-bond donors (Lipinski definition) is 1. The highest BCUT2D eigenvalue weighted by molar-refractivity contribution is 6.29. The molecule has 0 radical (unpaired) electrons. The molecule has 0 unspecified atom stereocenters. The van der Waals surface area contributed by atoms with Gasteiger partial charge in [0.05, 0.1) is 11.7 Å². The van der Waals surface area contributed by atoms with Gasteiger partial charge in [0, 0.05) is 44.7 Å². The third kappa shape index (κ3) is 4.52. The second kappa shape index (κ2) is 9.09. The molecule has 1 saturated heterocycles. The van der Waals surface area contributed by atoms with E-state index in [2.05, 4.69) is 16.9 Å². The molecule has 1 aromatic carbocycles. The number of nitrogens with zero attached hydrogens (tertiary/aromatic N) is 3. The quantitative estimate of drug-likeness (QED) is 0.602. The highest BCUT2D eigenvalue weighted by atomic mass is 35.5. The van der Waals surface area contributed by atoms with Crippen molar-refractivity contribution in [1.82, 2.24) is 20.1 Å². The predicted octanol–water partition coefficient (Wildman–Crippen LogP) is 2.68. The smallest absolute Gasteiger partial charge is 0.251 e. The number of amides is 3. The van der Waals surface area contributed by atoms with Gasteiger partial charge >= 0.3 is 0 Å². The number of rotatable bonds is 4. The molecule has 1 fully saturated rings. The van der Waals surface area contributed by atoms with Crippen LogP contribution in [-0.4, -0.2) is 59.2 Å². The van der Waals surface area contributed by atoms with Gasteiger partial charge in [-0.1, -0.05) is 30.3 Å². The molecule has 3 amide bonds. The van der Waals surface area contributed by atoms with E-state index < -0.39 is 0 Å². The SMILES string of the molecule is C=CC(=O)N1CCN(C(C)=O)[C@H](c2cc(Cl)nc(-c3cccc(C(=O)NC)c3)c2)C1. The summed E-state index contributed by atoms with van der Waals surface area (Å²) in [6.45, 7) is 6.26. The molecule has 3 rings (SSSR count). The van der Waals surface area contributed by atoms with Crippen LogP contribution in [0, 0.1) is 0 Å². The van der Waals surface area contributed by atoms with Crippen molar-refractivity contribution in [3.63, 3.8) is 0 Å². The van der Waals surface area contributed by atoms with Gasteiger partial charge in [0.1, 0.15) is 5.15 Å². The van der Waals surface area contributed by atoms with E-state index >= 15 is 0 Å². The Morgan fingerprint density at radius 2 is 2.00 bits per heavy atom. The van der Waals surface area contributed by atoms with Crippen molar-refractivity contribution in [3.05, 3.63) is 65.3 Å². The van der Waals surface area contributed by atoms with Gasteiger partial charge in [-0.05, 0) is 35.9 Å². The Morgan fingerprint density at radius 1 is 1.23 bits per heavy atom. The molecule has 2 aromatic rings. The van der Waals surface area contributed by atoms with Gasteiger partial charge < -0.3 is 15.1 Å². The largest absolute Gasteiger partial charge is 0.355 e. The normalized spacial score (nSPS) is 16.2. The summed E-state index contributed by atoms with van der Waals surface area (Å²) in [5.41, 5.74) is 2.58. The van der Waals surface area contributed by atoms with E-state index in [1.165, 1.54) is 13.0 Å². The molecular weight excluding hydrogens is 404 g/mol. The predicted molar refractivity (Wildman–Crippen MR) is 115 cm³/mol. The Labute approximate surface area is 180 Å². The van der Waals surface area contributed by atoms with Crippen molar-refractivity contribution in [1.29, 1.82) is 0 Å². The van der Waals surface area contributed by atoms with Crippen LogP contribution in [0.1, 0.15) is 28.9 Å². The minimum atomic E-state index is -0.360. The molecule has 0 aliphatic carbocycles. The van der Waals surface area contributed by atoms with Gasteiger partial charge in [0.2, 0.25) is 11.8 Å². The number of aromatic nitrogens is 1. The fourth-order valence-electron chi connectivity index (χ4n) is 3.60. The first-order valence-corrected chi connectivity index (χ1v) is 9.90. The van der Waals surface area contributed by atoms with Crippen LogP contribution in [0.25, 0.3) is 11.3 Å². The maximum Gasteiger partial charge on any atom is 0.251 e. The molecule has 0 bridgehead atoms. The Hall–Kier alpha value is -3.19. The molecule has 30 heavy (non-hydrogen) atoms. The first-order valence-electron chi connectivity index (χ1n) is 9.52. The minimum absolute atomic E-state index is 0.0817. The molecule has 2 heterocycles. The number of carbonyl (C=O) groups excluding carboxylic acids is 3. The van der Waals surface area contributed by atoms with Gasteiger partial charge in [0.25, 0.3) is 5.91 Å². The van der Waals surface area contributed by atoms with Crippen molar-refractivity contribution in [2.75, 3.05) is 26.7 Å². The number of benzene rings is 1. The van der Waals surface area contributed by atoms with Gasteiger partial charge in [-0.15, -0.1) is 0 Å². The molecule has 1 atom stereocenters. The van der Waals surface area contributed by atoms with Crippen molar-refractivity contribution >= 4 is 29.3 Å². The van der Waals surface area contributed by atoms with Crippen LogP contribution in [0.4, 0.5) is 0 Å². The molecule has 1 N–H and O–H groups in total. The van der Waals surface area contributed by atoms with Gasteiger partial charge in [-0.3, -0.25) is 14.4 Å². The van der Waals surface area contributed by atoms with E-state index in [1.54, 1.807) is 41.1 Å². The number of carbonyl (C=O) groups is 3. The maximum atomic E-state index is 12.2. The number of pyridine rings is 1. The topological polar surface area (TPSA) is 82.6 Å².